The van der Waals surface area contributed by atoms with Crippen LogP contribution in [0.2, 0.25) is 0 Å². The molecule has 0 amide bonds. The van der Waals surface area contributed by atoms with E-state index in [1.54, 1.807) is 0 Å². The van der Waals surface area contributed by atoms with Crippen LogP contribution in [0, 0.1) is 11.8 Å². The Morgan fingerprint density at radius 2 is 1.04 bits per heavy atom. The van der Waals surface area contributed by atoms with Gasteiger partial charge in [-0.3, -0.25) is 14.1 Å². The van der Waals surface area contributed by atoms with Gasteiger partial charge in [0.25, 0.3) is 10.1 Å². The number of rotatable bonds is 24. The quantitative estimate of drug-likeness (QED) is 0.0357. The van der Waals surface area contributed by atoms with Gasteiger partial charge in [0.2, 0.25) is 0 Å². The van der Waals surface area contributed by atoms with E-state index in [4.69, 9.17) is 18.9 Å². The molecule has 0 aliphatic rings. The van der Waals surface area contributed by atoms with Gasteiger partial charge in [0.05, 0.1) is 32.8 Å². The first-order valence-corrected chi connectivity index (χ1v) is 17.7. The van der Waals surface area contributed by atoms with E-state index in [0.29, 0.717) is 13.2 Å². The molecule has 1 N–H and O–H groups in total. The summed E-state index contributed by atoms with van der Waals surface area (Å²) < 4.78 is 52.4. The molecule has 0 aromatic rings. The fourth-order valence-electron chi connectivity index (χ4n) is 3.69. The maximum absolute atomic E-state index is 12.2. The van der Waals surface area contributed by atoms with Crippen molar-refractivity contribution in [2.24, 2.45) is 11.8 Å². The molecule has 0 aromatic carbocycles. The summed E-state index contributed by atoms with van der Waals surface area (Å²) in [6, 6.07) is 0. The van der Waals surface area contributed by atoms with Crippen LogP contribution in [-0.2, 0) is 48.2 Å². The molecule has 0 spiro atoms. The molecule has 0 bridgehead atoms. The second kappa shape index (κ2) is 34.2. The third-order valence-corrected chi connectivity index (χ3v) is 7.92. The van der Waals surface area contributed by atoms with Crippen molar-refractivity contribution in [3.63, 3.8) is 0 Å². The van der Waals surface area contributed by atoms with Crippen LogP contribution in [0.25, 0.3) is 0 Å². The Labute approximate surface area is 317 Å². The van der Waals surface area contributed by atoms with Crippen molar-refractivity contribution in [2.75, 3.05) is 26.4 Å². The zero-order valence-electron chi connectivity index (χ0n) is 28.6. The molecule has 0 saturated carbocycles. The van der Waals surface area contributed by atoms with Gasteiger partial charge in [0, 0.05) is 12.2 Å². The van der Waals surface area contributed by atoms with E-state index < -0.39 is 45.7 Å². The second-order valence-electron chi connectivity index (χ2n) is 10.7. The Morgan fingerprint density at radius 3 is 1.39 bits per heavy atom. The Bertz CT molecular complexity index is 905. The second-order valence-corrected chi connectivity index (χ2v) is 12.3. The van der Waals surface area contributed by atoms with Gasteiger partial charge in [0.1, 0.15) is 0 Å². The molecule has 14 heteroatoms. The minimum atomic E-state index is -4.76. The summed E-state index contributed by atoms with van der Waals surface area (Å²) >= 11 is 0. The number of unbranched alkanes of at least 4 members (excludes halogenated alkanes) is 4. The SMILES string of the molecule is CCCCC(CC)COC(=O)CC(C(=O)OCC(CC)CCCC)S(=O)(=O)O.CCCCOC(=O)/C=C\C(=O)OCCCC.[NaH].[SnH2]. The van der Waals surface area contributed by atoms with E-state index in [2.05, 4.69) is 13.8 Å². The summed E-state index contributed by atoms with van der Waals surface area (Å²) in [6.07, 6.45) is 12.5. The number of carbonyl (C=O) groups excluding carboxylic acids is 4. The third kappa shape index (κ3) is 30.6. The molecule has 3 atom stereocenters. The summed E-state index contributed by atoms with van der Waals surface area (Å²) in [6.45, 7) is 13.2. The van der Waals surface area contributed by atoms with Gasteiger partial charge in [-0.1, -0.05) is 92.9 Å². The average Bonchev–Trinajstić information content (AvgIpc) is 2.99. The van der Waals surface area contributed by atoms with Gasteiger partial charge in [0.15, 0.2) is 5.25 Å². The van der Waals surface area contributed by atoms with Gasteiger partial charge in [-0.15, -0.1) is 0 Å². The summed E-state index contributed by atoms with van der Waals surface area (Å²) in [7, 11) is -4.76. The monoisotopic (exact) mass is 796 g/mol. The first-order valence-electron chi connectivity index (χ1n) is 16.2. The Morgan fingerprint density at radius 1 is 0.652 bits per heavy atom. The number of carbonyl (C=O) groups is 4. The van der Waals surface area contributed by atoms with Crippen LogP contribution < -0.4 is 0 Å². The van der Waals surface area contributed by atoms with Gasteiger partial charge in [-0.2, -0.15) is 8.42 Å². The molecule has 0 rings (SSSR count). The Kier molecular flexibility index (Phi) is 38.8. The molecule has 3 unspecified atom stereocenters. The van der Waals surface area contributed by atoms with Crippen LogP contribution in [0.4, 0.5) is 0 Å². The number of hydrogen-bond acceptors (Lipinski definition) is 10. The third-order valence-electron chi connectivity index (χ3n) is 6.84. The van der Waals surface area contributed by atoms with Crippen molar-refractivity contribution in [1.82, 2.24) is 0 Å². The first kappa shape index (κ1) is 52.1. The molecular weight excluding hydrogens is 734 g/mol. The maximum atomic E-state index is 12.2. The summed E-state index contributed by atoms with van der Waals surface area (Å²) in [5.41, 5.74) is 0. The van der Waals surface area contributed by atoms with Crippen LogP contribution in [0.15, 0.2) is 12.2 Å². The van der Waals surface area contributed by atoms with E-state index in [9.17, 15) is 32.1 Å². The average molecular weight is 796 g/mol. The number of hydrogen-bond donors (Lipinski definition) is 1. The van der Waals surface area contributed by atoms with Crippen molar-refractivity contribution in [3.05, 3.63) is 12.2 Å². The normalized spacial score (nSPS) is 12.7. The Balaban J connectivity index is -0.000000420. The molecular formula is C32H61NaO11SSn. The van der Waals surface area contributed by atoms with Crippen LogP contribution in [0.5, 0.6) is 0 Å². The summed E-state index contributed by atoms with van der Waals surface area (Å²) in [4.78, 5) is 46.3. The van der Waals surface area contributed by atoms with Crippen molar-refractivity contribution < 1.29 is 51.1 Å². The predicted octanol–water partition coefficient (Wildman–Crippen LogP) is 4.82. The fourth-order valence-corrected chi connectivity index (χ4v) is 4.34. The van der Waals surface area contributed by atoms with Crippen molar-refractivity contribution in [1.29, 1.82) is 0 Å². The summed E-state index contributed by atoms with van der Waals surface area (Å²) in [5.74, 6) is -2.60. The van der Waals surface area contributed by atoms with Crippen molar-refractivity contribution in [2.45, 2.75) is 130 Å². The van der Waals surface area contributed by atoms with E-state index in [1.165, 1.54) is 0 Å². The fraction of sp³-hybridized carbons (Fsp3) is 0.812. The van der Waals surface area contributed by atoms with Crippen molar-refractivity contribution >= 4 is 87.5 Å². The molecule has 0 aliphatic heterocycles. The van der Waals surface area contributed by atoms with E-state index in [-0.39, 0.29) is 78.5 Å². The van der Waals surface area contributed by atoms with Gasteiger partial charge >= 0.3 is 77.3 Å². The van der Waals surface area contributed by atoms with Gasteiger partial charge < -0.3 is 18.9 Å². The minimum absolute atomic E-state index is 0. The van der Waals surface area contributed by atoms with E-state index >= 15 is 0 Å². The number of ether oxygens (including phenoxy) is 4. The van der Waals surface area contributed by atoms with Gasteiger partial charge in [-0.25, -0.2) is 9.59 Å². The van der Waals surface area contributed by atoms with Crippen LogP contribution in [-0.4, -0.2) is 122 Å². The molecule has 46 heavy (non-hydrogen) atoms. The van der Waals surface area contributed by atoms with E-state index in [0.717, 1.165) is 89.2 Å². The zero-order valence-corrected chi connectivity index (χ0v) is 33.4. The van der Waals surface area contributed by atoms with Crippen molar-refractivity contribution in [3.8, 4) is 0 Å². The van der Waals surface area contributed by atoms with Crippen LogP contribution in [0.3, 0.4) is 0 Å². The molecule has 0 fully saturated rings. The molecule has 11 nitrogen and oxygen atoms in total. The standard InChI is InChI=1S/C20H38O7S.C12H20O4.Na.Sn.3H/c1-5-9-11-16(7-3)14-26-19(21)13-18(28(23,24)25)20(22)27-15-17(8-4)12-10-6-2;1-3-5-9-15-11(13)7-8-12(14)16-10-6-4-2;;;;;/h16-18H,5-15H2,1-4H3,(H,23,24,25);7-8H,3-6,9-10H2,1-2H3;;;;;/b;8-7-;;;;;. The molecule has 0 heterocycles. The Hall–Kier alpha value is -0.671. The molecule has 0 saturated heterocycles. The molecule has 0 aliphatic carbocycles. The first-order chi connectivity index (χ1) is 20.9. The molecule has 0 aromatic heterocycles. The topological polar surface area (TPSA) is 160 Å². The van der Waals surface area contributed by atoms with E-state index in [1.807, 2.05) is 27.7 Å². The molecule has 2 radical (unpaired) electrons. The zero-order chi connectivity index (χ0) is 33.8. The van der Waals surface area contributed by atoms with Crippen LogP contribution in [0.1, 0.15) is 125 Å². The molecule has 266 valence electrons. The summed E-state index contributed by atoms with van der Waals surface area (Å²) in [5, 5.41) is -1.95. The predicted molar refractivity (Wildman–Crippen MR) is 185 cm³/mol. The van der Waals surface area contributed by atoms with Gasteiger partial charge in [-0.05, 0) is 37.5 Å². The van der Waals surface area contributed by atoms with Crippen LogP contribution >= 0.6 is 0 Å². The number of esters is 4.